The Labute approximate surface area is 202 Å². The Morgan fingerprint density at radius 3 is 2.55 bits per heavy atom. The summed E-state index contributed by atoms with van der Waals surface area (Å²) < 4.78 is 5.83. The van der Waals surface area contributed by atoms with Crippen molar-refractivity contribution in [1.29, 1.82) is 0 Å². The smallest absolute Gasteiger partial charge is 0.250 e. The van der Waals surface area contributed by atoms with Crippen molar-refractivity contribution < 1.29 is 9.53 Å². The molecule has 1 aromatic heterocycles. The predicted molar refractivity (Wildman–Crippen MR) is 137 cm³/mol. The number of nitrogens with zero attached hydrogens (tertiary/aromatic N) is 1. The van der Waals surface area contributed by atoms with Crippen LogP contribution < -0.4 is 10.1 Å². The van der Waals surface area contributed by atoms with Gasteiger partial charge in [0.2, 0.25) is 5.91 Å². The minimum Gasteiger partial charge on any atom is -0.489 e. The first kappa shape index (κ1) is 22.8. The molecule has 0 saturated heterocycles. The van der Waals surface area contributed by atoms with Crippen LogP contribution in [0.1, 0.15) is 21.6 Å². The van der Waals surface area contributed by atoms with Crippen LogP contribution in [0.2, 0.25) is 5.02 Å². The molecule has 3 aromatic carbocycles. The van der Waals surface area contributed by atoms with Crippen molar-refractivity contribution >= 4 is 40.1 Å². The fraction of sp³-hybridized carbons (Fsp3) is 0.111. The van der Waals surface area contributed by atoms with E-state index in [0.717, 1.165) is 33.0 Å². The SMILES string of the molecule is Cc1ccc(COc2ccc(/C=C/C(=O)Nc3nc(-c4cccc(Cl)c4)c(C)s3)cc2)cc1. The van der Waals surface area contributed by atoms with E-state index in [0.29, 0.717) is 16.8 Å². The third-order valence-electron chi connectivity index (χ3n) is 4.96. The fourth-order valence-corrected chi connectivity index (χ4v) is 4.23. The normalized spacial score (nSPS) is 11.0. The molecule has 0 atom stereocenters. The van der Waals surface area contributed by atoms with Crippen LogP contribution >= 0.6 is 22.9 Å². The Kier molecular flexibility index (Phi) is 7.23. The molecule has 0 radical (unpaired) electrons. The lowest BCUT2D eigenvalue weighted by molar-refractivity contribution is -0.111. The number of thiazole rings is 1. The summed E-state index contributed by atoms with van der Waals surface area (Å²) in [5.74, 6) is 0.546. The first-order chi connectivity index (χ1) is 16.0. The van der Waals surface area contributed by atoms with Gasteiger partial charge < -0.3 is 4.74 Å². The van der Waals surface area contributed by atoms with Gasteiger partial charge in [-0.25, -0.2) is 4.98 Å². The summed E-state index contributed by atoms with van der Waals surface area (Å²) in [6, 6.07) is 23.4. The lowest BCUT2D eigenvalue weighted by atomic mass is 10.1. The molecule has 4 rings (SSSR count). The zero-order valence-corrected chi connectivity index (χ0v) is 19.9. The van der Waals surface area contributed by atoms with Crippen LogP contribution in [0.4, 0.5) is 5.13 Å². The van der Waals surface area contributed by atoms with Crippen LogP contribution in [-0.4, -0.2) is 10.9 Å². The molecule has 0 fully saturated rings. The maximum absolute atomic E-state index is 12.4. The van der Waals surface area contributed by atoms with E-state index >= 15 is 0 Å². The number of ether oxygens (including phenoxy) is 1. The minimum atomic E-state index is -0.235. The van der Waals surface area contributed by atoms with E-state index in [1.807, 2.05) is 55.5 Å². The van der Waals surface area contributed by atoms with Crippen LogP contribution in [0.25, 0.3) is 17.3 Å². The zero-order chi connectivity index (χ0) is 23.2. The number of hydrogen-bond acceptors (Lipinski definition) is 4. The second kappa shape index (κ2) is 10.5. The monoisotopic (exact) mass is 474 g/mol. The molecule has 0 unspecified atom stereocenters. The largest absolute Gasteiger partial charge is 0.489 e. The van der Waals surface area contributed by atoms with Gasteiger partial charge in [-0.3, -0.25) is 10.1 Å². The molecule has 166 valence electrons. The summed E-state index contributed by atoms with van der Waals surface area (Å²) in [7, 11) is 0. The summed E-state index contributed by atoms with van der Waals surface area (Å²) in [6.45, 7) is 4.55. The molecule has 4 aromatic rings. The average molecular weight is 475 g/mol. The van der Waals surface area contributed by atoms with E-state index in [4.69, 9.17) is 16.3 Å². The Morgan fingerprint density at radius 1 is 1.06 bits per heavy atom. The summed E-state index contributed by atoms with van der Waals surface area (Å²) in [4.78, 5) is 17.9. The number of anilines is 1. The number of hydrogen-bond donors (Lipinski definition) is 1. The van der Waals surface area contributed by atoms with Crippen molar-refractivity contribution in [3.8, 4) is 17.0 Å². The molecular weight excluding hydrogens is 452 g/mol. The van der Waals surface area contributed by atoms with Gasteiger partial charge in [0.25, 0.3) is 0 Å². The van der Waals surface area contributed by atoms with Crippen LogP contribution in [0.3, 0.4) is 0 Å². The third-order valence-corrected chi connectivity index (χ3v) is 6.08. The molecule has 0 bridgehead atoms. The fourth-order valence-electron chi connectivity index (χ4n) is 3.20. The van der Waals surface area contributed by atoms with Gasteiger partial charge in [-0.15, -0.1) is 11.3 Å². The van der Waals surface area contributed by atoms with Gasteiger partial charge in [-0.1, -0.05) is 65.7 Å². The molecule has 0 aliphatic heterocycles. The van der Waals surface area contributed by atoms with Gasteiger partial charge in [-0.2, -0.15) is 0 Å². The topological polar surface area (TPSA) is 51.2 Å². The van der Waals surface area contributed by atoms with Crippen molar-refractivity contribution in [2.45, 2.75) is 20.5 Å². The first-order valence-electron chi connectivity index (χ1n) is 10.5. The van der Waals surface area contributed by atoms with Crippen LogP contribution in [-0.2, 0) is 11.4 Å². The molecule has 4 nitrogen and oxygen atoms in total. The summed E-state index contributed by atoms with van der Waals surface area (Å²) >= 11 is 7.52. The number of halogens is 1. The highest BCUT2D eigenvalue weighted by atomic mass is 35.5. The lowest BCUT2D eigenvalue weighted by Crippen LogP contribution is -2.07. The number of rotatable bonds is 7. The van der Waals surface area contributed by atoms with Crippen molar-refractivity contribution in [2.24, 2.45) is 0 Å². The van der Waals surface area contributed by atoms with E-state index in [1.165, 1.54) is 23.0 Å². The predicted octanol–water partition coefficient (Wildman–Crippen LogP) is 7.31. The molecule has 33 heavy (non-hydrogen) atoms. The minimum absolute atomic E-state index is 0.235. The first-order valence-corrected chi connectivity index (χ1v) is 11.7. The summed E-state index contributed by atoms with van der Waals surface area (Å²) in [6.07, 6.45) is 3.26. The van der Waals surface area contributed by atoms with Gasteiger partial charge in [0.1, 0.15) is 12.4 Å². The highest BCUT2D eigenvalue weighted by Gasteiger charge is 2.11. The molecule has 6 heteroatoms. The van der Waals surface area contributed by atoms with Gasteiger partial charge in [-0.05, 0) is 55.3 Å². The van der Waals surface area contributed by atoms with Crippen LogP contribution in [0.15, 0.2) is 78.9 Å². The second-order valence-corrected chi connectivity index (χ2v) is 9.24. The number of aryl methyl sites for hydroxylation is 2. The highest BCUT2D eigenvalue weighted by molar-refractivity contribution is 7.16. The van der Waals surface area contributed by atoms with Gasteiger partial charge in [0.15, 0.2) is 5.13 Å². The van der Waals surface area contributed by atoms with E-state index in [9.17, 15) is 4.79 Å². The summed E-state index contributed by atoms with van der Waals surface area (Å²) in [5, 5.41) is 4.04. The number of benzene rings is 3. The van der Waals surface area contributed by atoms with Gasteiger partial charge in [0.05, 0.1) is 5.69 Å². The Hall–Kier alpha value is -3.41. The highest BCUT2D eigenvalue weighted by Crippen LogP contribution is 2.31. The van der Waals surface area contributed by atoms with Gasteiger partial charge in [0, 0.05) is 21.5 Å². The summed E-state index contributed by atoms with van der Waals surface area (Å²) in [5.41, 5.74) is 5.01. The van der Waals surface area contributed by atoms with Crippen molar-refractivity contribution in [2.75, 3.05) is 5.32 Å². The second-order valence-electron chi connectivity index (χ2n) is 7.60. The van der Waals surface area contributed by atoms with E-state index < -0.39 is 0 Å². The molecule has 0 aliphatic rings. The van der Waals surface area contributed by atoms with Crippen molar-refractivity contribution in [1.82, 2.24) is 4.98 Å². The quantitative estimate of drug-likeness (QED) is 0.285. The molecule has 0 aliphatic carbocycles. The van der Waals surface area contributed by atoms with Gasteiger partial charge >= 0.3 is 0 Å². The maximum Gasteiger partial charge on any atom is 0.250 e. The lowest BCUT2D eigenvalue weighted by Gasteiger charge is -2.07. The average Bonchev–Trinajstić information content (AvgIpc) is 3.18. The third kappa shape index (κ3) is 6.31. The molecule has 1 N–H and O–H groups in total. The van der Waals surface area contributed by atoms with Crippen LogP contribution in [0, 0.1) is 13.8 Å². The number of aromatic nitrogens is 1. The number of nitrogens with one attached hydrogen (secondary N) is 1. The molecule has 0 spiro atoms. The molecular formula is C27H23ClN2O2S. The number of carbonyl (C=O) groups excluding carboxylic acids is 1. The Balaban J connectivity index is 1.33. The van der Waals surface area contributed by atoms with E-state index in [-0.39, 0.29) is 5.91 Å². The molecule has 0 saturated carbocycles. The van der Waals surface area contributed by atoms with E-state index in [1.54, 1.807) is 6.08 Å². The Bertz CT molecular complexity index is 1280. The van der Waals surface area contributed by atoms with Crippen molar-refractivity contribution in [3.05, 3.63) is 105 Å². The zero-order valence-electron chi connectivity index (χ0n) is 18.3. The number of amides is 1. The molecule has 1 heterocycles. The number of carbonyl (C=O) groups is 1. The van der Waals surface area contributed by atoms with Crippen LogP contribution in [0.5, 0.6) is 5.75 Å². The maximum atomic E-state index is 12.4. The molecule has 1 amide bonds. The standard InChI is InChI=1S/C27H23ClN2O2S/c1-18-6-8-21(9-7-18)17-32-24-13-10-20(11-14-24)12-15-25(31)29-27-30-26(19(2)33-27)22-4-3-5-23(28)16-22/h3-16H,17H2,1-2H3,(H,29,30,31)/b15-12+. The van der Waals surface area contributed by atoms with Crippen molar-refractivity contribution in [3.63, 3.8) is 0 Å². The van der Waals surface area contributed by atoms with E-state index in [2.05, 4.69) is 41.5 Å². The Morgan fingerprint density at radius 2 is 1.82 bits per heavy atom.